The highest BCUT2D eigenvalue weighted by Gasteiger charge is 2.28. The number of nitrogens with one attached hydrogen (secondary N) is 1. The molecule has 1 aliphatic heterocycles. The first-order valence-corrected chi connectivity index (χ1v) is 10.3. The number of benzene rings is 1. The van der Waals surface area contributed by atoms with Crippen molar-refractivity contribution in [1.82, 2.24) is 9.88 Å². The zero-order valence-electron chi connectivity index (χ0n) is 14.3. The minimum atomic E-state index is -0.917. The number of nitrogens with zero attached hydrogens (tertiary/aromatic N) is 2. The molecular formula is C19H17F2N3OS2. The molecule has 2 aromatic heterocycles. The van der Waals surface area contributed by atoms with Crippen molar-refractivity contribution < 1.29 is 13.6 Å². The second-order valence-corrected chi connectivity index (χ2v) is 8.20. The van der Waals surface area contributed by atoms with Gasteiger partial charge in [0.2, 0.25) is 5.91 Å². The number of aromatic nitrogens is 1. The summed E-state index contributed by atoms with van der Waals surface area (Å²) >= 11 is 2.98. The SMILES string of the molecule is O=C(CN1CCC[C@H]1c1cccs1)Nc1nc(-c2ccc(F)c(F)c2)cs1. The summed E-state index contributed by atoms with van der Waals surface area (Å²) in [6.07, 6.45) is 2.14. The summed E-state index contributed by atoms with van der Waals surface area (Å²) in [5.41, 5.74) is 0.981. The van der Waals surface area contributed by atoms with Gasteiger partial charge in [-0.1, -0.05) is 6.07 Å². The predicted octanol–water partition coefficient (Wildman–Crippen LogP) is 4.93. The second-order valence-electron chi connectivity index (χ2n) is 6.36. The third-order valence-corrected chi connectivity index (χ3v) is 6.28. The van der Waals surface area contributed by atoms with Crippen LogP contribution in [0.15, 0.2) is 41.1 Å². The molecule has 0 radical (unpaired) electrons. The van der Waals surface area contributed by atoms with Crippen LogP contribution >= 0.6 is 22.7 Å². The van der Waals surface area contributed by atoms with Crippen LogP contribution in [0.4, 0.5) is 13.9 Å². The first kappa shape index (κ1) is 18.2. The minimum Gasteiger partial charge on any atom is -0.301 e. The Morgan fingerprint density at radius 2 is 2.15 bits per heavy atom. The maximum Gasteiger partial charge on any atom is 0.240 e. The molecule has 8 heteroatoms. The molecule has 4 nitrogen and oxygen atoms in total. The fourth-order valence-electron chi connectivity index (χ4n) is 3.28. The average molecular weight is 405 g/mol. The summed E-state index contributed by atoms with van der Waals surface area (Å²) in [5.74, 6) is -1.93. The van der Waals surface area contributed by atoms with Gasteiger partial charge < -0.3 is 5.32 Å². The topological polar surface area (TPSA) is 45.2 Å². The third-order valence-electron chi connectivity index (χ3n) is 4.55. The molecule has 1 fully saturated rings. The molecule has 1 aliphatic rings. The van der Waals surface area contributed by atoms with E-state index >= 15 is 0 Å². The van der Waals surface area contributed by atoms with Crippen molar-refractivity contribution in [2.45, 2.75) is 18.9 Å². The van der Waals surface area contributed by atoms with Gasteiger partial charge in [0.05, 0.1) is 12.2 Å². The van der Waals surface area contributed by atoms with Gasteiger partial charge in [-0.15, -0.1) is 22.7 Å². The van der Waals surface area contributed by atoms with Crippen LogP contribution in [0.3, 0.4) is 0 Å². The summed E-state index contributed by atoms with van der Waals surface area (Å²) in [5, 5.41) is 7.04. The number of hydrogen-bond donors (Lipinski definition) is 1. The van der Waals surface area contributed by atoms with E-state index in [1.165, 1.54) is 22.3 Å². The average Bonchev–Trinajstić information content (AvgIpc) is 3.38. The number of likely N-dealkylation sites (tertiary alicyclic amines) is 1. The Morgan fingerprint density at radius 1 is 1.26 bits per heavy atom. The van der Waals surface area contributed by atoms with E-state index in [1.807, 2.05) is 6.07 Å². The Kier molecular flexibility index (Phi) is 5.29. The number of halogens is 2. The normalized spacial score (nSPS) is 17.3. The molecule has 0 bridgehead atoms. The second kappa shape index (κ2) is 7.84. The van der Waals surface area contributed by atoms with Crippen LogP contribution < -0.4 is 5.32 Å². The molecule has 1 N–H and O–H groups in total. The van der Waals surface area contributed by atoms with Crippen molar-refractivity contribution >= 4 is 33.7 Å². The lowest BCUT2D eigenvalue weighted by Gasteiger charge is -2.22. The highest BCUT2D eigenvalue weighted by molar-refractivity contribution is 7.14. The first-order chi connectivity index (χ1) is 13.1. The molecule has 1 amide bonds. The van der Waals surface area contributed by atoms with E-state index in [-0.39, 0.29) is 5.91 Å². The Hall–Kier alpha value is -2.16. The highest BCUT2D eigenvalue weighted by Crippen LogP contribution is 2.34. The summed E-state index contributed by atoms with van der Waals surface area (Å²) in [4.78, 5) is 20.2. The van der Waals surface area contributed by atoms with E-state index in [0.29, 0.717) is 29.0 Å². The maximum absolute atomic E-state index is 13.4. The smallest absolute Gasteiger partial charge is 0.240 e. The molecule has 27 heavy (non-hydrogen) atoms. The lowest BCUT2D eigenvalue weighted by molar-refractivity contribution is -0.117. The third kappa shape index (κ3) is 4.07. The van der Waals surface area contributed by atoms with Crippen LogP contribution in [0.25, 0.3) is 11.3 Å². The molecule has 0 spiro atoms. The van der Waals surface area contributed by atoms with Crippen LogP contribution in [-0.2, 0) is 4.79 Å². The van der Waals surface area contributed by atoms with Crippen LogP contribution in [0, 0.1) is 11.6 Å². The Labute approximate surface area is 163 Å². The summed E-state index contributed by atoms with van der Waals surface area (Å²) in [6.45, 7) is 1.20. The zero-order chi connectivity index (χ0) is 18.8. The van der Waals surface area contributed by atoms with Gasteiger partial charge in [0, 0.05) is 21.9 Å². The minimum absolute atomic E-state index is 0.121. The zero-order valence-corrected chi connectivity index (χ0v) is 16.0. The molecule has 4 rings (SSSR count). The van der Waals surface area contributed by atoms with Gasteiger partial charge in [-0.25, -0.2) is 13.8 Å². The maximum atomic E-state index is 13.4. The van der Waals surface area contributed by atoms with E-state index in [2.05, 4.69) is 26.6 Å². The van der Waals surface area contributed by atoms with Crippen LogP contribution in [-0.4, -0.2) is 28.9 Å². The van der Waals surface area contributed by atoms with Gasteiger partial charge in [0.15, 0.2) is 16.8 Å². The van der Waals surface area contributed by atoms with E-state index in [9.17, 15) is 13.6 Å². The molecule has 0 saturated carbocycles. The van der Waals surface area contributed by atoms with Gasteiger partial charge in [-0.05, 0) is 49.0 Å². The van der Waals surface area contributed by atoms with Crippen molar-refractivity contribution in [3.8, 4) is 11.3 Å². The number of thiophene rings is 1. The van der Waals surface area contributed by atoms with E-state index < -0.39 is 11.6 Å². The number of rotatable bonds is 5. The molecule has 140 valence electrons. The van der Waals surface area contributed by atoms with Gasteiger partial charge in [0.25, 0.3) is 0 Å². The lowest BCUT2D eigenvalue weighted by Crippen LogP contribution is -2.32. The fourth-order valence-corrected chi connectivity index (χ4v) is 4.91. The lowest BCUT2D eigenvalue weighted by atomic mass is 10.2. The first-order valence-electron chi connectivity index (χ1n) is 8.58. The van der Waals surface area contributed by atoms with Crippen molar-refractivity contribution in [3.63, 3.8) is 0 Å². The quantitative estimate of drug-likeness (QED) is 0.655. The molecule has 0 unspecified atom stereocenters. The Balaban J connectivity index is 1.40. The van der Waals surface area contributed by atoms with Crippen molar-refractivity contribution in [2.75, 3.05) is 18.4 Å². The molecule has 3 heterocycles. The van der Waals surface area contributed by atoms with Crippen LogP contribution in [0.1, 0.15) is 23.8 Å². The van der Waals surface area contributed by atoms with E-state index in [1.54, 1.807) is 16.7 Å². The largest absolute Gasteiger partial charge is 0.301 e. The number of amides is 1. The summed E-state index contributed by atoms with van der Waals surface area (Å²) in [7, 11) is 0. The molecule has 1 atom stereocenters. The predicted molar refractivity (Wildman–Crippen MR) is 104 cm³/mol. The number of carbonyl (C=O) groups is 1. The standard InChI is InChI=1S/C19H17F2N3OS2/c20-13-6-5-12(9-14(13)21)15-11-27-19(22-15)23-18(25)10-24-7-1-3-16(24)17-4-2-8-26-17/h2,4-6,8-9,11,16H,1,3,7,10H2,(H,22,23,25)/t16-/m0/s1. The highest BCUT2D eigenvalue weighted by atomic mass is 32.1. The van der Waals surface area contributed by atoms with E-state index in [4.69, 9.17) is 0 Å². The molecule has 3 aromatic rings. The Bertz CT molecular complexity index is 942. The number of anilines is 1. The van der Waals surface area contributed by atoms with E-state index in [0.717, 1.165) is 31.5 Å². The van der Waals surface area contributed by atoms with Crippen molar-refractivity contribution in [3.05, 3.63) is 57.6 Å². The van der Waals surface area contributed by atoms with Gasteiger partial charge in [-0.3, -0.25) is 9.69 Å². The van der Waals surface area contributed by atoms with Crippen molar-refractivity contribution in [2.24, 2.45) is 0 Å². The number of hydrogen-bond acceptors (Lipinski definition) is 5. The molecule has 0 aliphatic carbocycles. The van der Waals surface area contributed by atoms with Crippen LogP contribution in [0.2, 0.25) is 0 Å². The molecule has 1 saturated heterocycles. The fraction of sp³-hybridized carbons (Fsp3) is 0.263. The van der Waals surface area contributed by atoms with Gasteiger partial charge >= 0.3 is 0 Å². The van der Waals surface area contributed by atoms with Gasteiger partial charge in [-0.2, -0.15) is 0 Å². The number of thiazole rings is 1. The van der Waals surface area contributed by atoms with Crippen molar-refractivity contribution in [1.29, 1.82) is 0 Å². The number of carbonyl (C=O) groups excluding carboxylic acids is 1. The molecule has 1 aromatic carbocycles. The van der Waals surface area contributed by atoms with Crippen LogP contribution in [0.5, 0.6) is 0 Å². The summed E-state index contributed by atoms with van der Waals surface area (Å²) < 4.78 is 26.5. The van der Waals surface area contributed by atoms with Gasteiger partial charge in [0.1, 0.15) is 0 Å². The monoisotopic (exact) mass is 405 g/mol. The molecular weight excluding hydrogens is 388 g/mol. The summed E-state index contributed by atoms with van der Waals surface area (Å²) in [6, 6.07) is 8.08. The Morgan fingerprint density at radius 3 is 2.93 bits per heavy atom.